The largest absolute Gasteiger partial charge is 0.497 e. The van der Waals surface area contributed by atoms with Crippen molar-refractivity contribution in [2.45, 2.75) is 30.2 Å². The monoisotopic (exact) mass is 506 g/mol. The lowest BCUT2D eigenvalue weighted by atomic mass is 9.51. The van der Waals surface area contributed by atoms with Crippen LogP contribution in [0.2, 0.25) is 0 Å². The highest BCUT2D eigenvalue weighted by molar-refractivity contribution is 7.38. The predicted molar refractivity (Wildman–Crippen MR) is 147 cm³/mol. The Morgan fingerprint density at radius 1 is 0.917 bits per heavy atom. The highest BCUT2D eigenvalue weighted by atomic mass is 31.1. The van der Waals surface area contributed by atoms with Gasteiger partial charge >= 0.3 is 0 Å². The van der Waals surface area contributed by atoms with E-state index in [1.165, 1.54) is 0 Å². The smallest absolute Gasteiger partial charge is 0.188 e. The molecule has 6 nitrogen and oxygen atoms in total. The molecule has 36 heavy (non-hydrogen) atoms. The lowest BCUT2D eigenvalue weighted by Crippen LogP contribution is -2.38. The Morgan fingerprint density at radius 3 is 1.92 bits per heavy atom. The number of ether oxygens (including phenoxy) is 4. The van der Waals surface area contributed by atoms with Crippen LogP contribution in [0.3, 0.4) is 0 Å². The Morgan fingerprint density at radius 2 is 1.44 bits per heavy atom. The maximum Gasteiger partial charge on any atom is 0.188 e. The molecule has 9 heteroatoms. The molecule has 4 atom stereocenters. The summed E-state index contributed by atoms with van der Waals surface area (Å²) in [6, 6.07) is 26.1. The summed E-state index contributed by atoms with van der Waals surface area (Å²) in [7, 11) is 4.14. The van der Waals surface area contributed by atoms with Crippen LogP contribution in [0.5, 0.6) is 11.5 Å². The molecule has 1 heterocycles. The molecule has 1 saturated heterocycles. The molecular weight excluding hydrogens is 473 g/mol. The fourth-order valence-corrected chi connectivity index (χ4v) is 5.50. The molecule has 0 N–H and O–H groups in total. The third-order valence-electron chi connectivity index (χ3n) is 6.69. The van der Waals surface area contributed by atoms with E-state index in [9.17, 15) is 4.57 Å². The first kappa shape index (κ1) is 26.6. The first-order valence-corrected chi connectivity index (χ1v) is 14.1. The Labute approximate surface area is 215 Å². The Bertz CT molecular complexity index is 1080. The van der Waals surface area contributed by atoms with Gasteiger partial charge in [0.2, 0.25) is 0 Å². The molecule has 0 spiro atoms. The third-order valence-corrected chi connectivity index (χ3v) is 7.32. The number of methoxy groups -OCH3 is 2. The van der Waals surface area contributed by atoms with Crippen molar-refractivity contribution >= 4 is 22.9 Å². The minimum absolute atomic E-state index is 0.0537. The molecule has 1 aliphatic heterocycles. The molecule has 1 fully saturated rings. The van der Waals surface area contributed by atoms with Crippen LogP contribution >= 0.6 is 8.03 Å². The van der Waals surface area contributed by atoms with E-state index in [0.29, 0.717) is 6.42 Å². The average Bonchev–Trinajstić information content (AvgIpc) is 3.31. The van der Waals surface area contributed by atoms with Gasteiger partial charge in [-0.25, -0.2) is 0 Å². The summed E-state index contributed by atoms with van der Waals surface area (Å²) in [6.07, 6.45) is 0.105. The zero-order valence-corrected chi connectivity index (χ0v) is 22.3. The van der Waals surface area contributed by atoms with E-state index >= 15 is 0 Å². The second-order valence-electron chi connectivity index (χ2n) is 8.90. The van der Waals surface area contributed by atoms with Gasteiger partial charge < -0.3 is 23.5 Å². The number of benzene rings is 3. The molecule has 0 bridgehead atoms. The zero-order valence-electron chi connectivity index (χ0n) is 21.3. The summed E-state index contributed by atoms with van der Waals surface area (Å²) >= 11 is 0. The van der Waals surface area contributed by atoms with Crippen LogP contribution in [0, 0.1) is 0 Å². The first-order valence-electron chi connectivity index (χ1n) is 12.3. The van der Waals surface area contributed by atoms with Crippen molar-refractivity contribution in [3.8, 4) is 11.5 Å². The maximum atomic E-state index is 12.0. The summed E-state index contributed by atoms with van der Waals surface area (Å²) in [5.74, 6) is 1.53. The van der Waals surface area contributed by atoms with Crippen molar-refractivity contribution in [1.29, 1.82) is 0 Å². The van der Waals surface area contributed by atoms with Gasteiger partial charge in [-0.15, -0.1) is 0 Å². The third kappa shape index (κ3) is 5.73. The molecule has 2 unspecified atom stereocenters. The van der Waals surface area contributed by atoms with E-state index < -0.39 is 13.6 Å². The van der Waals surface area contributed by atoms with Crippen molar-refractivity contribution in [2.24, 2.45) is 0 Å². The van der Waals surface area contributed by atoms with E-state index in [4.69, 9.17) is 23.5 Å². The molecule has 0 amide bonds. The predicted octanol–water partition coefficient (Wildman–Crippen LogP) is 3.60. The van der Waals surface area contributed by atoms with Gasteiger partial charge in [-0.05, 0) is 47.4 Å². The normalized spacial score (nSPS) is 20.6. The van der Waals surface area contributed by atoms with Gasteiger partial charge in [0.05, 0.1) is 34.7 Å². The van der Waals surface area contributed by atoms with Crippen LogP contribution in [0.4, 0.5) is 0 Å². The molecule has 0 aliphatic carbocycles. The maximum absolute atomic E-state index is 12.0. The molecule has 1 aliphatic rings. The van der Waals surface area contributed by atoms with Gasteiger partial charge in [0, 0.05) is 12.7 Å². The Kier molecular flexibility index (Phi) is 8.97. The second kappa shape index (κ2) is 12.2. The highest BCUT2D eigenvalue weighted by Gasteiger charge is 2.42. The minimum Gasteiger partial charge on any atom is -0.497 e. The van der Waals surface area contributed by atoms with Crippen LogP contribution < -0.4 is 9.47 Å². The van der Waals surface area contributed by atoms with E-state index in [2.05, 4.69) is 19.9 Å². The SMILES string of the molecule is BB[C@H]1CC(O[PH](C)=O)[C@@H](COC(c2ccccc2)(c2ccc(OC)cc2)c2ccc(OC)cc2)O1. The van der Waals surface area contributed by atoms with Gasteiger partial charge in [0.1, 0.15) is 30.4 Å². The summed E-state index contributed by atoms with van der Waals surface area (Å²) < 4.78 is 41.8. The highest BCUT2D eigenvalue weighted by Crippen LogP contribution is 2.42. The molecule has 0 aromatic heterocycles. The van der Waals surface area contributed by atoms with Gasteiger partial charge in [-0.2, -0.15) is 0 Å². The quantitative estimate of drug-likeness (QED) is 0.225. The van der Waals surface area contributed by atoms with Crippen LogP contribution in [-0.4, -0.2) is 60.6 Å². The lowest BCUT2D eigenvalue weighted by Gasteiger charge is -2.37. The van der Waals surface area contributed by atoms with E-state index in [1.54, 1.807) is 20.9 Å². The molecule has 188 valence electrons. The fourth-order valence-electron chi connectivity index (χ4n) is 4.83. The average molecular weight is 506 g/mol. The van der Waals surface area contributed by atoms with Gasteiger partial charge in [-0.3, -0.25) is 4.57 Å². The molecule has 4 rings (SSSR count). The van der Waals surface area contributed by atoms with Crippen molar-refractivity contribution in [3.63, 3.8) is 0 Å². The Balaban J connectivity index is 1.80. The standard InChI is InChI=1S/C27H33B2O6P/c1-31-22-13-9-20(10-14-22)27(19-7-5-4-6-8-19,21-11-15-23(32-2)16-12-21)33-18-25-24(35-36(3)30)17-26(29-28)34-25/h4-16,24-26,29,36H,17-18,28H2,1-3H3/t24?,25-,26-/m1/s1. The molecule has 0 radical (unpaired) electrons. The van der Waals surface area contributed by atoms with Crippen LogP contribution in [0.25, 0.3) is 0 Å². The zero-order chi connectivity index (χ0) is 25.5. The fraction of sp³-hybridized carbons (Fsp3) is 0.333. The van der Waals surface area contributed by atoms with Crippen LogP contribution in [0.15, 0.2) is 78.9 Å². The molecule has 0 saturated carbocycles. The summed E-state index contributed by atoms with van der Waals surface area (Å²) in [5.41, 5.74) is 1.94. The minimum atomic E-state index is -2.12. The van der Waals surface area contributed by atoms with E-state index in [0.717, 1.165) is 35.4 Å². The van der Waals surface area contributed by atoms with Gasteiger partial charge in [0.25, 0.3) is 0 Å². The van der Waals surface area contributed by atoms with E-state index in [1.807, 2.05) is 66.7 Å². The number of hydrogen-bond donors (Lipinski definition) is 0. The van der Waals surface area contributed by atoms with Crippen molar-refractivity contribution in [2.75, 3.05) is 27.5 Å². The topological polar surface area (TPSA) is 63.2 Å². The van der Waals surface area contributed by atoms with Crippen molar-refractivity contribution < 1.29 is 28.0 Å². The molecule has 3 aromatic rings. The lowest BCUT2D eigenvalue weighted by molar-refractivity contribution is -0.0691. The number of rotatable bonds is 11. The van der Waals surface area contributed by atoms with Crippen molar-refractivity contribution in [1.82, 2.24) is 0 Å². The first-order chi connectivity index (χ1) is 17.5. The summed E-state index contributed by atoms with van der Waals surface area (Å²) in [6.45, 7) is 1.88. The second-order valence-corrected chi connectivity index (χ2v) is 10.1. The van der Waals surface area contributed by atoms with Gasteiger partial charge in [0.15, 0.2) is 8.03 Å². The molecule has 3 aromatic carbocycles. The van der Waals surface area contributed by atoms with E-state index in [-0.39, 0.29) is 24.8 Å². The van der Waals surface area contributed by atoms with Crippen molar-refractivity contribution in [3.05, 3.63) is 95.6 Å². The number of hydrogen-bond acceptors (Lipinski definition) is 6. The molecular formula is C27H33B2O6P. The summed E-state index contributed by atoms with van der Waals surface area (Å²) in [4.78, 5) is 0. The van der Waals surface area contributed by atoms with Crippen LogP contribution in [0.1, 0.15) is 23.1 Å². The Hall–Kier alpha value is -2.50. The summed E-state index contributed by atoms with van der Waals surface area (Å²) in [5, 5.41) is 0. The van der Waals surface area contributed by atoms with Gasteiger partial charge in [-0.1, -0.05) is 54.6 Å². The van der Waals surface area contributed by atoms with Crippen LogP contribution in [-0.2, 0) is 24.2 Å².